The Hall–Kier alpha value is -0.790. The molecule has 0 N–H and O–H groups in total. The van der Waals surface area contributed by atoms with Crippen LogP contribution in [0.4, 0.5) is 0 Å². The summed E-state index contributed by atoms with van der Waals surface area (Å²) in [6, 6.07) is 0. The molecule has 18 heavy (non-hydrogen) atoms. The topological polar surface area (TPSA) is 26.3 Å². The molecule has 0 aromatic carbocycles. The first-order chi connectivity index (χ1) is 8.50. The Morgan fingerprint density at radius 1 is 1.50 bits per heavy atom. The molecule has 0 radical (unpaired) electrons. The molecule has 0 aliphatic heterocycles. The zero-order valence-corrected chi connectivity index (χ0v) is 11.7. The van der Waals surface area contributed by atoms with Gasteiger partial charge in [0.2, 0.25) is 0 Å². The van der Waals surface area contributed by atoms with Gasteiger partial charge in [-0.2, -0.15) is 0 Å². The van der Waals surface area contributed by atoms with Crippen molar-refractivity contribution in [3.05, 3.63) is 12.2 Å². The van der Waals surface area contributed by atoms with Gasteiger partial charge in [-0.15, -0.1) is 0 Å². The van der Waals surface area contributed by atoms with Crippen LogP contribution < -0.4 is 0 Å². The lowest BCUT2D eigenvalue weighted by molar-refractivity contribution is -0.214. The van der Waals surface area contributed by atoms with Gasteiger partial charge in [-0.05, 0) is 59.8 Å². The summed E-state index contributed by atoms with van der Waals surface area (Å²) in [7, 11) is 0. The fourth-order valence-electron chi connectivity index (χ4n) is 5.45. The maximum Gasteiger partial charge on any atom is 0.293 e. The Bertz CT molecular complexity index is 387. The number of carbonyl (C=O) groups excluding carboxylic acids is 1. The Morgan fingerprint density at radius 2 is 2.22 bits per heavy atom. The summed E-state index contributed by atoms with van der Waals surface area (Å²) in [6.45, 7) is 12.0. The summed E-state index contributed by atoms with van der Waals surface area (Å²) < 4.78 is 5.22. The minimum Gasteiger partial charge on any atom is -0.460 e. The normalized spacial score (nSPS) is 49.8. The Kier molecular flexibility index (Phi) is 2.62. The summed E-state index contributed by atoms with van der Waals surface area (Å²) in [4.78, 5) is 10.6. The molecule has 4 fully saturated rings. The monoisotopic (exact) mass is 248 g/mol. The van der Waals surface area contributed by atoms with Gasteiger partial charge < -0.3 is 4.74 Å². The molecule has 4 saturated carbocycles. The average molecular weight is 248 g/mol. The highest BCUT2D eigenvalue weighted by Crippen LogP contribution is 2.73. The second-order valence-corrected chi connectivity index (χ2v) is 7.15. The van der Waals surface area contributed by atoms with Crippen LogP contribution in [0.2, 0.25) is 0 Å². The molecule has 100 valence electrons. The summed E-state index contributed by atoms with van der Waals surface area (Å²) >= 11 is 0. The highest BCUT2D eigenvalue weighted by atomic mass is 16.5. The van der Waals surface area contributed by atoms with Gasteiger partial charge >= 0.3 is 0 Å². The second kappa shape index (κ2) is 3.85. The molecular weight excluding hydrogens is 224 g/mol. The van der Waals surface area contributed by atoms with Crippen molar-refractivity contribution >= 4 is 6.47 Å². The maximum atomic E-state index is 10.6. The second-order valence-electron chi connectivity index (χ2n) is 7.15. The molecular formula is C16H24O2. The molecule has 0 spiro atoms. The van der Waals surface area contributed by atoms with Crippen LogP contribution in [0.15, 0.2) is 12.2 Å². The van der Waals surface area contributed by atoms with Gasteiger partial charge in [0.1, 0.15) is 6.10 Å². The number of ether oxygens (including phenoxy) is 1. The molecule has 0 aromatic rings. The first-order valence-electron chi connectivity index (χ1n) is 7.28. The summed E-state index contributed by atoms with van der Waals surface area (Å²) in [5, 5.41) is 0. The fraction of sp³-hybridized carbons (Fsp3) is 0.812. The SMILES string of the molecule is C=C1[C@H](OC=O)C[C@H]2[C@H]3[C@H](C(C)C)CC[C@@]2(C)[C@@H]13. The van der Waals surface area contributed by atoms with Crippen LogP contribution in [0.3, 0.4) is 0 Å². The zero-order chi connectivity index (χ0) is 13.1. The van der Waals surface area contributed by atoms with E-state index in [4.69, 9.17) is 4.74 Å². The van der Waals surface area contributed by atoms with Crippen LogP contribution in [-0.4, -0.2) is 12.6 Å². The highest BCUT2D eigenvalue weighted by molar-refractivity contribution is 5.40. The fourth-order valence-corrected chi connectivity index (χ4v) is 5.45. The van der Waals surface area contributed by atoms with Crippen molar-refractivity contribution in [3.8, 4) is 0 Å². The molecule has 4 rings (SSSR count). The van der Waals surface area contributed by atoms with Gasteiger partial charge in [0.25, 0.3) is 6.47 Å². The number of hydrogen-bond donors (Lipinski definition) is 0. The molecule has 0 heterocycles. The molecule has 0 amide bonds. The predicted octanol–water partition coefficient (Wildman–Crippen LogP) is 3.42. The molecule has 2 nitrogen and oxygen atoms in total. The van der Waals surface area contributed by atoms with Crippen molar-refractivity contribution in [2.45, 2.75) is 46.1 Å². The third kappa shape index (κ3) is 1.32. The minimum absolute atomic E-state index is 0.00672. The molecule has 4 aliphatic rings. The maximum absolute atomic E-state index is 10.6. The number of fused-ring (bicyclic) bond motifs is 2. The standard InChI is InChI=1S/C16H24O2/c1-9(2)11-5-6-16(4)12-7-13(18-8-17)10(3)15(16)14(11)12/h8-9,11-15H,3,5-7H2,1-2,4H3/t11-,12-,13+,14+,15-,16+/m0/s1. The van der Waals surface area contributed by atoms with Crippen LogP contribution in [0.5, 0.6) is 0 Å². The van der Waals surface area contributed by atoms with Crippen LogP contribution in [-0.2, 0) is 9.53 Å². The third-order valence-corrected chi connectivity index (χ3v) is 6.27. The van der Waals surface area contributed by atoms with E-state index in [2.05, 4.69) is 27.4 Å². The van der Waals surface area contributed by atoms with Crippen molar-refractivity contribution in [1.29, 1.82) is 0 Å². The van der Waals surface area contributed by atoms with E-state index in [-0.39, 0.29) is 6.10 Å². The van der Waals surface area contributed by atoms with Crippen LogP contribution in [0, 0.1) is 35.0 Å². The Labute approximate surface area is 110 Å². The number of carbonyl (C=O) groups is 1. The number of hydrogen-bond acceptors (Lipinski definition) is 2. The lowest BCUT2D eigenvalue weighted by atomic mass is 9.33. The lowest BCUT2D eigenvalue weighted by Gasteiger charge is -2.71. The van der Waals surface area contributed by atoms with Crippen molar-refractivity contribution in [1.82, 2.24) is 0 Å². The van der Waals surface area contributed by atoms with Crippen molar-refractivity contribution in [3.63, 3.8) is 0 Å². The van der Waals surface area contributed by atoms with Gasteiger partial charge in [0, 0.05) is 0 Å². The van der Waals surface area contributed by atoms with Crippen LogP contribution >= 0.6 is 0 Å². The smallest absolute Gasteiger partial charge is 0.293 e. The van der Waals surface area contributed by atoms with Crippen LogP contribution in [0.1, 0.15) is 40.0 Å². The van der Waals surface area contributed by atoms with Crippen LogP contribution in [0.25, 0.3) is 0 Å². The lowest BCUT2D eigenvalue weighted by Crippen LogP contribution is -2.67. The van der Waals surface area contributed by atoms with Crippen molar-refractivity contribution in [2.75, 3.05) is 0 Å². The van der Waals surface area contributed by atoms with Crippen molar-refractivity contribution in [2.24, 2.45) is 35.0 Å². The summed E-state index contributed by atoms with van der Waals surface area (Å²) in [5.74, 6) is 3.76. The van der Waals surface area contributed by atoms with E-state index in [1.807, 2.05) is 0 Å². The molecule has 0 aromatic heterocycles. The first-order valence-corrected chi connectivity index (χ1v) is 7.28. The van der Waals surface area contributed by atoms with Gasteiger partial charge in [0.05, 0.1) is 0 Å². The molecule has 4 aliphatic carbocycles. The van der Waals surface area contributed by atoms with E-state index < -0.39 is 0 Å². The molecule has 6 atom stereocenters. The predicted molar refractivity (Wildman–Crippen MR) is 70.8 cm³/mol. The highest BCUT2D eigenvalue weighted by Gasteiger charge is 2.68. The summed E-state index contributed by atoms with van der Waals surface area (Å²) in [6.07, 6.45) is 3.71. The zero-order valence-electron chi connectivity index (χ0n) is 11.7. The van der Waals surface area contributed by atoms with Gasteiger partial charge in [-0.25, -0.2) is 0 Å². The molecule has 0 saturated heterocycles. The summed E-state index contributed by atoms with van der Waals surface area (Å²) in [5.41, 5.74) is 1.65. The van der Waals surface area contributed by atoms with E-state index in [1.165, 1.54) is 18.4 Å². The van der Waals surface area contributed by atoms with E-state index >= 15 is 0 Å². The Morgan fingerprint density at radius 3 is 2.78 bits per heavy atom. The Balaban J connectivity index is 1.86. The molecule has 4 bridgehead atoms. The quantitative estimate of drug-likeness (QED) is 0.565. The van der Waals surface area contributed by atoms with Gasteiger partial charge in [0.15, 0.2) is 0 Å². The average Bonchev–Trinajstić information content (AvgIpc) is 2.32. The van der Waals surface area contributed by atoms with E-state index in [1.54, 1.807) is 0 Å². The van der Waals surface area contributed by atoms with Gasteiger partial charge in [-0.1, -0.05) is 27.4 Å². The largest absolute Gasteiger partial charge is 0.460 e. The van der Waals surface area contributed by atoms with E-state index in [0.29, 0.717) is 17.8 Å². The van der Waals surface area contributed by atoms with Gasteiger partial charge in [-0.3, -0.25) is 4.79 Å². The molecule has 0 unspecified atom stereocenters. The number of rotatable bonds is 3. The van der Waals surface area contributed by atoms with Crippen molar-refractivity contribution < 1.29 is 9.53 Å². The third-order valence-electron chi connectivity index (χ3n) is 6.27. The van der Waals surface area contributed by atoms with E-state index in [0.717, 1.165) is 30.1 Å². The first kappa shape index (κ1) is 12.3. The van der Waals surface area contributed by atoms with E-state index in [9.17, 15) is 4.79 Å². The molecule has 2 heteroatoms. The minimum atomic E-state index is -0.00672.